The maximum Gasteiger partial charge on any atom is 0.262 e. The Balaban J connectivity index is 1.40. The summed E-state index contributed by atoms with van der Waals surface area (Å²) in [5.41, 5.74) is 1.68. The molecule has 3 aromatic rings. The Morgan fingerprint density at radius 1 is 1.10 bits per heavy atom. The Bertz CT molecular complexity index is 1310. The Hall–Kier alpha value is -3.60. The zero-order valence-corrected chi connectivity index (χ0v) is 22.6. The van der Waals surface area contributed by atoms with Crippen LogP contribution in [-0.2, 0) is 9.53 Å². The molecule has 1 fully saturated rings. The Labute approximate surface area is 231 Å². The smallest absolute Gasteiger partial charge is 0.262 e. The minimum atomic E-state index is -0.610. The first-order valence-corrected chi connectivity index (χ1v) is 13.8. The summed E-state index contributed by atoms with van der Waals surface area (Å²) >= 11 is 1.57. The molecule has 1 atom stereocenters. The van der Waals surface area contributed by atoms with Crippen LogP contribution >= 0.6 is 11.3 Å². The van der Waals surface area contributed by atoms with Gasteiger partial charge >= 0.3 is 0 Å². The molecule has 0 spiro atoms. The minimum absolute atomic E-state index is 0.0526. The number of rotatable bonds is 9. The van der Waals surface area contributed by atoms with Crippen LogP contribution in [0.15, 0.2) is 71.1 Å². The van der Waals surface area contributed by atoms with E-state index in [1.807, 2.05) is 41.8 Å². The molecule has 0 bridgehead atoms. The Kier molecular flexibility index (Phi) is 8.65. The van der Waals surface area contributed by atoms with Crippen LogP contribution in [0.25, 0.3) is 0 Å². The van der Waals surface area contributed by atoms with Crippen molar-refractivity contribution in [3.05, 3.63) is 87.9 Å². The number of amides is 2. The summed E-state index contributed by atoms with van der Waals surface area (Å²) in [4.78, 5) is 31.9. The van der Waals surface area contributed by atoms with Crippen molar-refractivity contribution in [1.82, 2.24) is 14.8 Å². The molecule has 2 aliphatic rings. The van der Waals surface area contributed by atoms with Crippen molar-refractivity contribution >= 4 is 28.9 Å². The van der Waals surface area contributed by atoms with E-state index in [1.54, 1.807) is 30.6 Å². The lowest BCUT2D eigenvalue weighted by Gasteiger charge is -2.31. The first-order valence-electron chi connectivity index (χ1n) is 12.9. The van der Waals surface area contributed by atoms with E-state index in [4.69, 9.17) is 14.6 Å². The first kappa shape index (κ1) is 27.0. The first-order chi connectivity index (χ1) is 19.0. The van der Waals surface area contributed by atoms with Gasteiger partial charge < -0.3 is 14.4 Å². The molecule has 8 nitrogen and oxygen atoms in total. The third kappa shape index (κ3) is 6.35. The van der Waals surface area contributed by atoms with Gasteiger partial charge in [0.25, 0.3) is 11.8 Å². The molecule has 3 heterocycles. The van der Waals surface area contributed by atoms with Gasteiger partial charge in [-0.25, -0.2) is 9.40 Å². The molecular formula is C29H31FN4O4S. The average molecular weight is 551 g/mol. The zero-order chi connectivity index (χ0) is 27.2. The van der Waals surface area contributed by atoms with Gasteiger partial charge in [-0.05, 0) is 41.3 Å². The molecule has 2 aromatic carbocycles. The maximum absolute atomic E-state index is 14.6. The predicted molar refractivity (Wildman–Crippen MR) is 148 cm³/mol. The topological polar surface area (TPSA) is 74.7 Å². The van der Waals surface area contributed by atoms with Crippen molar-refractivity contribution in [2.75, 3.05) is 53.0 Å². The summed E-state index contributed by atoms with van der Waals surface area (Å²) in [5.74, 6) is -0.730. The van der Waals surface area contributed by atoms with Crippen LogP contribution in [-0.4, -0.2) is 85.4 Å². The number of nitrogens with zero attached hydrogens (tertiary/aromatic N) is 4. The van der Waals surface area contributed by atoms with Crippen LogP contribution in [0.3, 0.4) is 0 Å². The number of hydrogen-bond acceptors (Lipinski definition) is 7. The number of hydrogen-bond donors (Lipinski definition) is 0. The molecule has 0 radical (unpaired) electrons. The highest BCUT2D eigenvalue weighted by Crippen LogP contribution is 2.34. The van der Waals surface area contributed by atoms with Crippen molar-refractivity contribution in [1.29, 1.82) is 0 Å². The van der Waals surface area contributed by atoms with Gasteiger partial charge in [-0.2, -0.15) is 5.10 Å². The third-order valence-corrected chi connectivity index (χ3v) is 7.90. The second-order valence-corrected chi connectivity index (χ2v) is 10.4. The number of hydrazone groups is 1. The van der Waals surface area contributed by atoms with Crippen LogP contribution in [0, 0.1) is 5.82 Å². The monoisotopic (exact) mass is 550 g/mol. The number of carbonyl (C=O) groups is 2. The molecule has 5 rings (SSSR count). The second kappa shape index (κ2) is 12.5. The van der Waals surface area contributed by atoms with Gasteiger partial charge in [-0.15, -0.1) is 11.3 Å². The SMILES string of the molecule is COc1ccc([C@@H]2CC(c3cccs3)=NN2C(=O)CN(CCN2CCOCC2)C(=O)c2ccccc2F)cc1. The molecule has 2 aliphatic heterocycles. The standard InChI is InChI=1S/C29H31FN4O4S/c1-37-22-10-8-21(9-11-22)26-19-25(27-7-4-18-39-27)31-34(26)28(35)20-33(13-12-32-14-16-38-17-15-32)29(36)23-5-2-3-6-24(23)30/h2-11,18,26H,12-17,19-20H2,1H3/t26-/m0/s1. The highest BCUT2D eigenvalue weighted by molar-refractivity contribution is 7.12. The van der Waals surface area contributed by atoms with Crippen LogP contribution in [0.1, 0.15) is 33.3 Å². The summed E-state index contributed by atoms with van der Waals surface area (Å²) in [7, 11) is 1.61. The molecule has 2 amide bonds. The van der Waals surface area contributed by atoms with Crippen molar-refractivity contribution in [2.45, 2.75) is 12.5 Å². The molecule has 0 N–H and O–H groups in total. The van der Waals surface area contributed by atoms with Crippen molar-refractivity contribution in [2.24, 2.45) is 5.10 Å². The minimum Gasteiger partial charge on any atom is -0.497 e. The molecule has 39 heavy (non-hydrogen) atoms. The van der Waals surface area contributed by atoms with E-state index in [1.165, 1.54) is 22.0 Å². The number of carbonyl (C=O) groups excluding carboxylic acids is 2. The fourth-order valence-corrected chi connectivity index (χ4v) is 5.52. The van der Waals surface area contributed by atoms with Crippen LogP contribution < -0.4 is 4.74 Å². The van der Waals surface area contributed by atoms with E-state index in [2.05, 4.69) is 4.90 Å². The van der Waals surface area contributed by atoms with E-state index < -0.39 is 11.7 Å². The van der Waals surface area contributed by atoms with Crippen molar-refractivity contribution in [3.63, 3.8) is 0 Å². The van der Waals surface area contributed by atoms with Crippen LogP contribution in [0.5, 0.6) is 5.75 Å². The fourth-order valence-electron chi connectivity index (χ4n) is 4.80. The van der Waals surface area contributed by atoms with Gasteiger partial charge in [0.2, 0.25) is 0 Å². The van der Waals surface area contributed by atoms with Crippen LogP contribution in [0.2, 0.25) is 0 Å². The summed E-state index contributed by atoms with van der Waals surface area (Å²) < 4.78 is 25.3. The Morgan fingerprint density at radius 3 is 2.56 bits per heavy atom. The maximum atomic E-state index is 14.6. The molecule has 10 heteroatoms. The fraction of sp³-hybridized carbons (Fsp3) is 0.345. The molecule has 204 valence electrons. The number of methoxy groups -OCH3 is 1. The summed E-state index contributed by atoms with van der Waals surface area (Å²) in [6.45, 7) is 3.36. The summed E-state index contributed by atoms with van der Waals surface area (Å²) in [5, 5.41) is 8.18. The molecule has 0 aliphatic carbocycles. The van der Waals surface area contributed by atoms with Gasteiger partial charge in [0, 0.05) is 32.6 Å². The van der Waals surface area contributed by atoms with E-state index in [9.17, 15) is 14.0 Å². The normalized spacial score (nSPS) is 17.6. The molecule has 1 aromatic heterocycles. The molecule has 0 saturated carbocycles. The highest BCUT2D eigenvalue weighted by atomic mass is 32.1. The highest BCUT2D eigenvalue weighted by Gasteiger charge is 2.35. The summed E-state index contributed by atoms with van der Waals surface area (Å²) in [6.07, 6.45) is 0.549. The predicted octanol–water partition coefficient (Wildman–Crippen LogP) is 4.05. The van der Waals surface area contributed by atoms with E-state index in [-0.39, 0.29) is 30.6 Å². The lowest BCUT2D eigenvalue weighted by Crippen LogP contribution is -2.46. The number of morpholine rings is 1. The van der Waals surface area contributed by atoms with Crippen molar-refractivity contribution < 1.29 is 23.5 Å². The van der Waals surface area contributed by atoms with E-state index >= 15 is 0 Å². The molecular weight excluding hydrogens is 519 g/mol. The van der Waals surface area contributed by atoms with Gasteiger partial charge in [0.1, 0.15) is 18.1 Å². The molecule has 1 saturated heterocycles. The zero-order valence-electron chi connectivity index (χ0n) is 21.8. The van der Waals surface area contributed by atoms with Crippen molar-refractivity contribution in [3.8, 4) is 5.75 Å². The van der Waals surface area contributed by atoms with E-state index in [0.717, 1.165) is 35.0 Å². The van der Waals surface area contributed by atoms with Gasteiger partial charge in [0.15, 0.2) is 0 Å². The largest absolute Gasteiger partial charge is 0.497 e. The average Bonchev–Trinajstić information content (AvgIpc) is 3.67. The van der Waals surface area contributed by atoms with Gasteiger partial charge in [0.05, 0.1) is 42.5 Å². The number of ether oxygens (including phenoxy) is 2. The third-order valence-electron chi connectivity index (χ3n) is 6.98. The number of benzene rings is 2. The van der Waals surface area contributed by atoms with Gasteiger partial charge in [-0.1, -0.05) is 30.3 Å². The van der Waals surface area contributed by atoms with Crippen LogP contribution in [0.4, 0.5) is 4.39 Å². The molecule has 0 unspecified atom stereocenters. The lowest BCUT2D eigenvalue weighted by atomic mass is 10.0. The second-order valence-electron chi connectivity index (χ2n) is 9.42. The number of thiophene rings is 1. The lowest BCUT2D eigenvalue weighted by molar-refractivity contribution is -0.133. The Morgan fingerprint density at radius 2 is 1.87 bits per heavy atom. The van der Waals surface area contributed by atoms with E-state index in [0.29, 0.717) is 26.2 Å². The van der Waals surface area contributed by atoms with Gasteiger partial charge in [-0.3, -0.25) is 14.5 Å². The number of halogens is 1. The quantitative estimate of drug-likeness (QED) is 0.402. The summed E-state index contributed by atoms with van der Waals surface area (Å²) in [6, 6.07) is 17.1.